The summed E-state index contributed by atoms with van der Waals surface area (Å²) < 4.78 is 35.9. The molecule has 1 saturated heterocycles. The van der Waals surface area contributed by atoms with E-state index in [1.165, 1.54) is 6.26 Å². The lowest BCUT2D eigenvalue weighted by molar-refractivity contribution is -0.105. The highest BCUT2D eigenvalue weighted by atomic mass is 79.9. The molecule has 146 valence electrons. The molecule has 28 heavy (non-hydrogen) atoms. The van der Waals surface area contributed by atoms with Crippen molar-refractivity contribution < 1.29 is 17.9 Å². The van der Waals surface area contributed by atoms with Crippen LogP contribution in [0.15, 0.2) is 64.0 Å². The van der Waals surface area contributed by atoms with Crippen molar-refractivity contribution in [2.45, 2.75) is 30.4 Å². The highest BCUT2D eigenvalue weighted by Crippen LogP contribution is 2.36. The van der Waals surface area contributed by atoms with Gasteiger partial charge in [-0.1, -0.05) is 24.3 Å². The van der Waals surface area contributed by atoms with Gasteiger partial charge in [0.05, 0.1) is 11.5 Å². The fourth-order valence-electron chi connectivity index (χ4n) is 3.40. The van der Waals surface area contributed by atoms with Gasteiger partial charge in [-0.25, -0.2) is 8.42 Å². The summed E-state index contributed by atoms with van der Waals surface area (Å²) in [4.78, 5) is 0.319. The predicted molar refractivity (Wildman–Crippen MR) is 114 cm³/mol. The molecule has 3 aromatic carbocycles. The lowest BCUT2D eigenvalue weighted by atomic mass is 10.0. The van der Waals surface area contributed by atoms with Crippen molar-refractivity contribution in [3.8, 4) is 16.9 Å². The lowest BCUT2D eigenvalue weighted by Gasteiger charge is -2.23. The van der Waals surface area contributed by atoms with Gasteiger partial charge in [0.2, 0.25) is 0 Å². The molecule has 4 rings (SSSR count). The number of sulfone groups is 1. The second-order valence-electron chi connectivity index (χ2n) is 7.02. The van der Waals surface area contributed by atoms with Crippen molar-refractivity contribution in [1.29, 1.82) is 0 Å². The minimum Gasteiger partial charge on any atom is -0.465 e. The average molecular weight is 461 g/mol. The molecule has 1 fully saturated rings. The van der Waals surface area contributed by atoms with E-state index in [0.717, 1.165) is 58.0 Å². The van der Waals surface area contributed by atoms with Gasteiger partial charge in [0.25, 0.3) is 0 Å². The van der Waals surface area contributed by atoms with Crippen LogP contribution in [0.25, 0.3) is 21.9 Å². The molecule has 0 amide bonds. The van der Waals surface area contributed by atoms with Gasteiger partial charge in [-0.15, -0.1) is 0 Å². The fraction of sp³-hybridized carbons (Fsp3) is 0.273. The Kier molecular flexibility index (Phi) is 5.45. The topological polar surface area (TPSA) is 52.6 Å². The van der Waals surface area contributed by atoms with Crippen LogP contribution < -0.4 is 4.74 Å². The number of ether oxygens (including phenoxy) is 2. The van der Waals surface area contributed by atoms with Gasteiger partial charge in [-0.3, -0.25) is 0 Å². The Morgan fingerprint density at radius 3 is 2.50 bits per heavy atom. The average Bonchev–Trinajstić information content (AvgIpc) is 2.68. The van der Waals surface area contributed by atoms with Crippen molar-refractivity contribution in [2.24, 2.45) is 0 Å². The number of benzene rings is 3. The Labute approximate surface area is 173 Å². The van der Waals surface area contributed by atoms with Gasteiger partial charge >= 0.3 is 0 Å². The second-order valence-corrected chi connectivity index (χ2v) is 9.83. The molecule has 1 aliphatic rings. The summed E-state index contributed by atoms with van der Waals surface area (Å²) in [7, 11) is -3.20. The van der Waals surface area contributed by atoms with Crippen LogP contribution in [0.4, 0.5) is 0 Å². The van der Waals surface area contributed by atoms with Gasteiger partial charge in [-0.2, -0.15) is 0 Å². The zero-order valence-corrected chi connectivity index (χ0v) is 17.9. The van der Waals surface area contributed by atoms with Crippen molar-refractivity contribution in [1.82, 2.24) is 0 Å². The van der Waals surface area contributed by atoms with E-state index in [0.29, 0.717) is 4.90 Å². The maximum atomic E-state index is 11.7. The third-order valence-electron chi connectivity index (χ3n) is 4.92. The minimum atomic E-state index is -3.20. The van der Waals surface area contributed by atoms with E-state index in [1.54, 1.807) is 12.1 Å². The van der Waals surface area contributed by atoms with Gasteiger partial charge < -0.3 is 9.47 Å². The van der Waals surface area contributed by atoms with Crippen LogP contribution in [-0.2, 0) is 14.6 Å². The molecule has 1 heterocycles. The molecule has 1 aliphatic heterocycles. The molecule has 1 unspecified atom stereocenters. The molecule has 0 N–H and O–H groups in total. The summed E-state index contributed by atoms with van der Waals surface area (Å²) in [5.41, 5.74) is 1.97. The normalized spacial score (nSPS) is 17.6. The van der Waals surface area contributed by atoms with Gasteiger partial charge in [-0.05, 0) is 81.0 Å². The molecule has 0 bridgehead atoms. The van der Waals surface area contributed by atoms with Crippen molar-refractivity contribution in [3.05, 3.63) is 59.1 Å². The zero-order valence-electron chi connectivity index (χ0n) is 15.5. The first-order valence-electron chi connectivity index (χ1n) is 9.23. The van der Waals surface area contributed by atoms with Crippen LogP contribution in [-0.4, -0.2) is 27.6 Å². The Bertz CT molecular complexity index is 1100. The smallest absolute Gasteiger partial charge is 0.199 e. The number of rotatable bonds is 4. The van der Waals surface area contributed by atoms with Gasteiger partial charge in [0, 0.05) is 17.1 Å². The quantitative estimate of drug-likeness (QED) is 0.509. The molecule has 1 atom stereocenters. The van der Waals surface area contributed by atoms with Crippen molar-refractivity contribution in [2.75, 3.05) is 12.9 Å². The summed E-state index contributed by atoms with van der Waals surface area (Å²) in [6.45, 7) is 0.755. The molecule has 3 aromatic rings. The number of halogens is 1. The van der Waals surface area contributed by atoms with E-state index in [1.807, 2.05) is 36.4 Å². The Balaban J connectivity index is 1.64. The minimum absolute atomic E-state index is 0.165. The zero-order chi connectivity index (χ0) is 19.7. The monoisotopic (exact) mass is 460 g/mol. The first-order valence-corrected chi connectivity index (χ1v) is 11.9. The van der Waals surface area contributed by atoms with Gasteiger partial charge in [0.15, 0.2) is 16.1 Å². The summed E-state index contributed by atoms with van der Waals surface area (Å²) in [5.74, 6) is 0.802. The maximum Gasteiger partial charge on any atom is 0.199 e. The molecular weight excluding hydrogens is 440 g/mol. The van der Waals surface area contributed by atoms with E-state index in [-0.39, 0.29) is 6.29 Å². The largest absolute Gasteiger partial charge is 0.465 e. The highest BCUT2D eigenvalue weighted by Gasteiger charge is 2.16. The molecule has 4 nitrogen and oxygen atoms in total. The standard InChI is InChI=1S/C22H21BrO4S/c1-28(24,25)18-9-5-15(6-10-18)19-11-7-16-14-17(8-12-20(16)22(19)23)27-21-4-2-3-13-26-21/h5-12,14,21H,2-4,13H2,1H3. The Hall–Kier alpha value is -1.89. The fourth-order valence-corrected chi connectivity index (χ4v) is 4.76. The summed E-state index contributed by atoms with van der Waals surface area (Å²) >= 11 is 3.72. The Morgan fingerprint density at radius 2 is 1.82 bits per heavy atom. The predicted octanol–water partition coefficient (Wildman–Crippen LogP) is 5.58. The van der Waals surface area contributed by atoms with Crippen LogP contribution in [0.3, 0.4) is 0 Å². The lowest BCUT2D eigenvalue weighted by Crippen LogP contribution is -2.24. The second kappa shape index (κ2) is 7.85. The summed E-state index contributed by atoms with van der Waals surface area (Å²) in [5, 5.41) is 2.14. The molecule has 0 saturated carbocycles. The molecule has 0 radical (unpaired) electrons. The van der Waals surface area contributed by atoms with Crippen molar-refractivity contribution >= 4 is 36.5 Å². The van der Waals surface area contributed by atoms with E-state index in [2.05, 4.69) is 22.0 Å². The highest BCUT2D eigenvalue weighted by molar-refractivity contribution is 9.10. The third kappa shape index (κ3) is 4.09. The van der Waals surface area contributed by atoms with E-state index >= 15 is 0 Å². The maximum absolute atomic E-state index is 11.7. The van der Waals surface area contributed by atoms with Crippen LogP contribution in [0.2, 0.25) is 0 Å². The van der Waals surface area contributed by atoms with Gasteiger partial charge in [0.1, 0.15) is 5.75 Å². The third-order valence-corrected chi connectivity index (χ3v) is 6.91. The molecule has 0 spiro atoms. The Morgan fingerprint density at radius 1 is 1.04 bits per heavy atom. The first kappa shape index (κ1) is 19.4. The van der Waals surface area contributed by atoms with Crippen molar-refractivity contribution in [3.63, 3.8) is 0 Å². The molecular formula is C22H21BrO4S. The van der Waals surface area contributed by atoms with E-state index in [4.69, 9.17) is 9.47 Å². The van der Waals surface area contributed by atoms with Crippen LogP contribution in [0.1, 0.15) is 19.3 Å². The summed E-state index contributed by atoms with van der Waals surface area (Å²) in [6.07, 6.45) is 4.20. The first-order chi connectivity index (χ1) is 13.4. The van der Waals surface area contributed by atoms with E-state index in [9.17, 15) is 8.42 Å². The van der Waals surface area contributed by atoms with Crippen LogP contribution in [0.5, 0.6) is 5.75 Å². The molecule has 0 aliphatic carbocycles. The number of hydrogen-bond donors (Lipinski definition) is 0. The number of hydrogen-bond acceptors (Lipinski definition) is 4. The molecule has 6 heteroatoms. The SMILES string of the molecule is CS(=O)(=O)c1ccc(-c2ccc3cc(OC4CCCCO4)ccc3c2Br)cc1. The van der Waals surface area contributed by atoms with Crippen LogP contribution >= 0.6 is 15.9 Å². The van der Waals surface area contributed by atoms with E-state index < -0.39 is 9.84 Å². The number of fused-ring (bicyclic) bond motifs is 1. The summed E-state index contributed by atoms with van der Waals surface area (Å²) in [6, 6.07) is 17.0. The molecule has 0 aromatic heterocycles. The van der Waals surface area contributed by atoms with Crippen LogP contribution in [0, 0.1) is 0 Å².